The van der Waals surface area contributed by atoms with Crippen LogP contribution in [-0.4, -0.2) is 30.6 Å². The average Bonchev–Trinajstić information content (AvgIpc) is 2.50. The van der Waals surface area contributed by atoms with Crippen LogP contribution in [0.25, 0.3) is 0 Å². The minimum Gasteiger partial charge on any atom is -0.497 e. The van der Waals surface area contributed by atoms with Crippen LogP contribution in [-0.2, 0) is 9.59 Å². The molecule has 0 radical (unpaired) electrons. The first-order valence-electron chi connectivity index (χ1n) is 8.11. The summed E-state index contributed by atoms with van der Waals surface area (Å²) in [4.78, 5) is 23.2. The molecule has 23 heavy (non-hydrogen) atoms. The number of amides is 1. The molecule has 0 aromatic heterocycles. The summed E-state index contributed by atoms with van der Waals surface area (Å²) in [5.41, 5.74) is 0.382. The van der Waals surface area contributed by atoms with Crippen molar-refractivity contribution in [2.45, 2.75) is 44.9 Å². The van der Waals surface area contributed by atoms with Crippen molar-refractivity contribution < 1.29 is 19.4 Å². The molecule has 1 aromatic carbocycles. The van der Waals surface area contributed by atoms with Crippen LogP contribution < -0.4 is 10.1 Å². The zero-order valence-corrected chi connectivity index (χ0v) is 13.8. The van der Waals surface area contributed by atoms with Gasteiger partial charge in [-0.15, -0.1) is 0 Å². The molecule has 2 rings (SSSR count). The molecule has 5 heteroatoms. The van der Waals surface area contributed by atoms with Crippen molar-refractivity contribution in [1.29, 1.82) is 0 Å². The van der Waals surface area contributed by atoms with Gasteiger partial charge >= 0.3 is 5.97 Å². The second kappa shape index (κ2) is 7.49. The van der Waals surface area contributed by atoms with Crippen LogP contribution in [0.4, 0.5) is 0 Å². The molecule has 1 fully saturated rings. The van der Waals surface area contributed by atoms with Gasteiger partial charge in [-0.05, 0) is 42.9 Å². The highest BCUT2D eigenvalue weighted by molar-refractivity contribution is 5.85. The summed E-state index contributed by atoms with van der Waals surface area (Å²) >= 11 is 0. The van der Waals surface area contributed by atoms with Crippen LogP contribution in [0, 0.1) is 5.41 Å². The maximum absolute atomic E-state index is 12.0. The Hall–Kier alpha value is -2.04. The van der Waals surface area contributed by atoms with Gasteiger partial charge in [-0.25, -0.2) is 0 Å². The van der Waals surface area contributed by atoms with E-state index in [9.17, 15) is 14.7 Å². The van der Waals surface area contributed by atoms with Crippen molar-refractivity contribution >= 4 is 11.9 Å². The number of carboxylic acid groups (broad SMARTS) is 1. The van der Waals surface area contributed by atoms with E-state index in [0.29, 0.717) is 25.3 Å². The highest BCUT2D eigenvalue weighted by Gasteiger charge is 2.45. The number of carbonyl (C=O) groups excluding carboxylic acids is 1. The van der Waals surface area contributed by atoms with E-state index >= 15 is 0 Å². The number of carbonyl (C=O) groups is 2. The van der Waals surface area contributed by atoms with Gasteiger partial charge in [0.25, 0.3) is 0 Å². The van der Waals surface area contributed by atoms with Crippen LogP contribution in [0.2, 0.25) is 0 Å². The monoisotopic (exact) mass is 319 g/mol. The second-order valence-corrected chi connectivity index (χ2v) is 6.43. The van der Waals surface area contributed by atoms with Gasteiger partial charge in [-0.2, -0.15) is 0 Å². The zero-order valence-electron chi connectivity index (χ0n) is 13.8. The number of carboxylic acids is 1. The lowest BCUT2D eigenvalue weighted by atomic mass is 9.66. The van der Waals surface area contributed by atoms with E-state index in [0.717, 1.165) is 18.6 Å². The van der Waals surface area contributed by atoms with Gasteiger partial charge in [-0.3, -0.25) is 9.59 Å². The van der Waals surface area contributed by atoms with Gasteiger partial charge < -0.3 is 15.2 Å². The van der Waals surface area contributed by atoms with Gasteiger partial charge in [-0.1, -0.05) is 25.5 Å². The lowest BCUT2D eigenvalue weighted by molar-refractivity contribution is -0.157. The third kappa shape index (κ3) is 4.24. The molecule has 1 atom stereocenters. The first-order valence-corrected chi connectivity index (χ1v) is 8.11. The van der Waals surface area contributed by atoms with Crippen molar-refractivity contribution in [3.05, 3.63) is 29.8 Å². The Morgan fingerprint density at radius 2 is 1.96 bits per heavy atom. The first-order chi connectivity index (χ1) is 11.0. The van der Waals surface area contributed by atoms with Gasteiger partial charge in [0.05, 0.1) is 12.5 Å². The van der Waals surface area contributed by atoms with Gasteiger partial charge in [0, 0.05) is 13.0 Å². The molecule has 1 aliphatic rings. The van der Waals surface area contributed by atoms with Crippen molar-refractivity contribution in [2.24, 2.45) is 5.41 Å². The van der Waals surface area contributed by atoms with Crippen LogP contribution in [0.1, 0.15) is 50.5 Å². The van der Waals surface area contributed by atoms with Gasteiger partial charge in [0.1, 0.15) is 5.75 Å². The molecule has 1 aromatic rings. The van der Waals surface area contributed by atoms with Gasteiger partial charge in [0.2, 0.25) is 5.91 Å². The maximum Gasteiger partial charge on any atom is 0.310 e. The molecule has 126 valence electrons. The molecule has 5 nitrogen and oxygen atoms in total. The molecular formula is C18H25NO4. The Labute approximate surface area is 137 Å². The highest BCUT2D eigenvalue weighted by Crippen LogP contribution is 2.44. The Morgan fingerprint density at radius 1 is 1.30 bits per heavy atom. The summed E-state index contributed by atoms with van der Waals surface area (Å²) in [6, 6.07) is 7.91. The second-order valence-electron chi connectivity index (χ2n) is 6.43. The number of ether oxygens (including phenoxy) is 1. The fourth-order valence-electron chi connectivity index (χ4n) is 2.97. The Balaban J connectivity index is 1.75. The van der Waals surface area contributed by atoms with E-state index in [-0.39, 0.29) is 12.3 Å². The molecule has 0 aliphatic heterocycles. The van der Waals surface area contributed by atoms with E-state index in [1.54, 1.807) is 7.11 Å². The molecule has 1 unspecified atom stereocenters. The summed E-state index contributed by atoms with van der Waals surface area (Å²) in [5.74, 6) is 0.145. The first kappa shape index (κ1) is 17.3. The normalized spacial score (nSPS) is 17.0. The van der Waals surface area contributed by atoms with Crippen molar-refractivity contribution in [1.82, 2.24) is 5.32 Å². The number of hydrogen-bond donors (Lipinski definition) is 2. The number of rotatable bonds is 8. The van der Waals surface area contributed by atoms with Crippen LogP contribution >= 0.6 is 0 Å². The fraction of sp³-hybridized carbons (Fsp3) is 0.556. The van der Waals surface area contributed by atoms with E-state index in [4.69, 9.17) is 4.74 Å². The number of hydrogen-bond acceptors (Lipinski definition) is 3. The molecule has 1 aliphatic carbocycles. The van der Waals surface area contributed by atoms with Gasteiger partial charge in [0.15, 0.2) is 0 Å². The average molecular weight is 319 g/mol. The molecule has 0 spiro atoms. The Kier molecular flexibility index (Phi) is 5.64. The van der Waals surface area contributed by atoms with E-state index < -0.39 is 11.4 Å². The molecule has 2 N–H and O–H groups in total. The Morgan fingerprint density at radius 3 is 2.43 bits per heavy atom. The lowest BCUT2D eigenvalue weighted by Gasteiger charge is -2.36. The molecular weight excluding hydrogens is 294 g/mol. The number of benzene rings is 1. The Bertz CT molecular complexity index is 549. The van der Waals surface area contributed by atoms with Crippen LogP contribution in [0.15, 0.2) is 24.3 Å². The summed E-state index contributed by atoms with van der Waals surface area (Å²) in [6.45, 7) is 2.67. The SMILES string of the molecule is COc1ccc(C(C)CCNC(=O)CC2(C(=O)O)CCC2)cc1. The predicted molar refractivity (Wildman–Crippen MR) is 87.6 cm³/mol. The van der Waals surface area contributed by atoms with Crippen LogP contribution in [0.3, 0.4) is 0 Å². The zero-order chi connectivity index (χ0) is 16.9. The quantitative estimate of drug-likeness (QED) is 0.772. The molecule has 0 bridgehead atoms. The third-order valence-electron chi connectivity index (χ3n) is 4.85. The summed E-state index contributed by atoms with van der Waals surface area (Å²) < 4.78 is 5.14. The number of aliphatic carboxylic acids is 1. The van der Waals surface area contributed by atoms with E-state index in [2.05, 4.69) is 12.2 Å². The molecule has 1 amide bonds. The number of nitrogens with one attached hydrogen (secondary N) is 1. The molecule has 0 heterocycles. The van der Waals surface area contributed by atoms with E-state index in [1.165, 1.54) is 5.56 Å². The van der Waals surface area contributed by atoms with Crippen LogP contribution in [0.5, 0.6) is 5.75 Å². The molecule has 1 saturated carbocycles. The van der Waals surface area contributed by atoms with Crippen molar-refractivity contribution in [2.75, 3.05) is 13.7 Å². The summed E-state index contributed by atoms with van der Waals surface area (Å²) in [6.07, 6.45) is 3.03. The smallest absolute Gasteiger partial charge is 0.310 e. The van der Waals surface area contributed by atoms with Crippen molar-refractivity contribution in [3.63, 3.8) is 0 Å². The maximum atomic E-state index is 12.0. The largest absolute Gasteiger partial charge is 0.497 e. The highest BCUT2D eigenvalue weighted by atomic mass is 16.5. The minimum absolute atomic E-state index is 0.0965. The summed E-state index contributed by atoms with van der Waals surface area (Å²) in [7, 11) is 1.64. The van der Waals surface area contributed by atoms with Crippen molar-refractivity contribution in [3.8, 4) is 5.75 Å². The third-order valence-corrected chi connectivity index (χ3v) is 4.85. The van der Waals surface area contributed by atoms with E-state index in [1.807, 2.05) is 24.3 Å². The molecule has 0 saturated heterocycles. The lowest BCUT2D eigenvalue weighted by Crippen LogP contribution is -2.42. The standard InChI is InChI=1S/C18H25NO4/c1-13(14-4-6-15(23-2)7-5-14)8-11-19-16(20)12-18(17(21)22)9-3-10-18/h4-7,13H,3,8-12H2,1-2H3,(H,19,20)(H,21,22). The number of methoxy groups -OCH3 is 1. The summed E-state index contributed by atoms with van der Waals surface area (Å²) in [5, 5.41) is 12.1. The predicted octanol–water partition coefficient (Wildman–Crippen LogP) is 2.95. The minimum atomic E-state index is -0.842. The fourth-order valence-corrected chi connectivity index (χ4v) is 2.97. The topological polar surface area (TPSA) is 75.6 Å².